The number of ether oxygens (including phenoxy) is 1. The molecule has 108 valence electrons. The number of carboxylic acid groups (broad SMARTS) is 1. The Balaban J connectivity index is 3.53. The second kappa shape index (κ2) is 6.02. The molecule has 1 aromatic rings. The van der Waals surface area contributed by atoms with Gasteiger partial charge in [-0.25, -0.2) is 4.79 Å². The van der Waals surface area contributed by atoms with Gasteiger partial charge in [-0.15, -0.1) is 0 Å². The smallest absolute Gasteiger partial charge is 0.387 e. The maximum Gasteiger partial charge on any atom is 0.387 e. The number of nitro benzene ring substituents is 1. The molecule has 0 aromatic heterocycles. The highest BCUT2D eigenvalue weighted by molar-refractivity contribution is 5.88. The van der Waals surface area contributed by atoms with E-state index >= 15 is 0 Å². The number of aliphatic hydroxyl groups is 1. The Labute approximate surface area is 109 Å². The first-order chi connectivity index (χ1) is 9.29. The topological polar surface area (TPSA) is 127 Å². The van der Waals surface area contributed by atoms with Gasteiger partial charge in [-0.1, -0.05) is 0 Å². The molecular weight excluding hydrogens is 284 g/mol. The van der Waals surface area contributed by atoms with Gasteiger partial charge in [0.05, 0.1) is 10.5 Å². The highest BCUT2D eigenvalue weighted by Gasteiger charge is 2.31. The lowest BCUT2D eigenvalue weighted by Crippen LogP contribution is -2.14. The van der Waals surface area contributed by atoms with Crippen LogP contribution in [0.15, 0.2) is 12.1 Å². The molecule has 1 atom stereocenters. The summed E-state index contributed by atoms with van der Waals surface area (Å²) >= 11 is 0. The molecule has 1 unspecified atom stereocenters. The summed E-state index contributed by atoms with van der Waals surface area (Å²) in [7, 11) is 0. The number of carbonyl (C=O) groups excluding carboxylic acids is 1. The third kappa shape index (κ3) is 3.03. The second-order valence-electron chi connectivity index (χ2n) is 3.41. The van der Waals surface area contributed by atoms with E-state index in [-0.39, 0.29) is 6.29 Å². The third-order valence-corrected chi connectivity index (χ3v) is 2.25. The molecule has 0 saturated carbocycles. The number of alkyl halides is 2. The number of aliphatic carboxylic acids is 1. The molecule has 0 heterocycles. The summed E-state index contributed by atoms with van der Waals surface area (Å²) in [5, 5.41) is 28.8. The number of nitro groups is 1. The van der Waals surface area contributed by atoms with Crippen molar-refractivity contribution in [2.75, 3.05) is 0 Å². The number of hydrogen-bond acceptors (Lipinski definition) is 6. The Bertz CT molecular complexity index is 561. The average Bonchev–Trinajstić information content (AvgIpc) is 2.36. The number of benzene rings is 1. The highest BCUT2D eigenvalue weighted by atomic mass is 19.3. The van der Waals surface area contributed by atoms with E-state index in [0.717, 1.165) is 12.1 Å². The standard InChI is InChI=1S/C10H7F2NO7/c11-10(12)20-6-2-1-4(8(15)9(16)17)7(13(18)19)5(6)3-14/h1-3,8,10,15H,(H,16,17). The van der Waals surface area contributed by atoms with Crippen molar-refractivity contribution in [3.05, 3.63) is 33.4 Å². The molecule has 1 aromatic carbocycles. The van der Waals surface area contributed by atoms with Crippen molar-refractivity contribution in [1.82, 2.24) is 0 Å². The van der Waals surface area contributed by atoms with Gasteiger partial charge >= 0.3 is 12.6 Å². The summed E-state index contributed by atoms with van der Waals surface area (Å²) < 4.78 is 28.1. The molecule has 0 spiro atoms. The Morgan fingerprint density at radius 1 is 1.45 bits per heavy atom. The maximum absolute atomic E-state index is 12.1. The number of carboxylic acids is 1. The highest BCUT2D eigenvalue weighted by Crippen LogP contribution is 2.35. The fourth-order valence-corrected chi connectivity index (χ4v) is 1.48. The van der Waals surface area contributed by atoms with E-state index in [1.165, 1.54) is 0 Å². The lowest BCUT2D eigenvalue weighted by molar-refractivity contribution is -0.386. The first kappa shape index (κ1) is 15.4. The van der Waals surface area contributed by atoms with Gasteiger partial charge in [0, 0.05) is 0 Å². The summed E-state index contributed by atoms with van der Waals surface area (Å²) in [6, 6.07) is 1.46. The zero-order chi connectivity index (χ0) is 15.4. The first-order valence-corrected chi connectivity index (χ1v) is 4.91. The molecule has 0 amide bonds. The molecule has 0 fully saturated rings. The normalized spacial score (nSPS) is 12.0. The van der Waals surface area contributed by atoms with Crippen molar-refractivity contribution in [2.45, 2.75) is 12.7 Å². The number of aldehydes is 1. The number of nitrogens with zero attached hydrogens (tertiary/aromatic N) is 1. The average molecular weight is 291 g/mol. The van der Waals surface area contributed by atoms with Crippen LogP contribution in [-0.4, -0.2) is 34.0 Å². The second-order valence-corrected chi connectivity index (χ2v) is 3.41. The maximum atomic E-state index is 12.1. The predicted octanol–water partition coefficient (Wildman–Crippen LogP) is 1.13. The van der Waals surface area contributed by atoms with Gasteiger partial charge in [0.1, 0.15) is 11.3 Å². The van der Waals surface area contributed by atoms with Crippen LogP contribution in [0.3, 0.4) is 0 Å². The SMILES string of the molecule is O=Cc1c(OC(F)F)ccc(C(O)C(=O)O)c1[N+](=O)[O-]. The van der Waals surface area contributed by atoms with Gasteiger partial charge in [0.2, 0.25) is 0 Å². The number of carbonyl (C=O) groups is 2. The zero-order valence-corrected chi connectivity index (χ0v) is 9.53. The summed E-state index contributed by atoms with van der Waals surface area (Å²) in [5.74, 6) is -2.59. The van der Waals surface area contributed by atoms with Crippen molar-refractivity contribution in [2.24, 2.45) is 0 Å². The Morgan fingerprint density at radius 3 is 2.45 bits per heavy atom. The van der Waals surface area contributed by atoms with Crippen LogP contribution in [0.5, 0.6) is 5.75 Å². The summed E-state index contributed by atoms with van der Waals surface area (Å²) in [6.07, 6.45) is -2.41. The molecule has 2 N–H and O–H groups in total. The Hall–Kier alpha value is -2.62. The van der Waals surface area contributed by atoms with Crippen LogP contribution in [0.1, 0.15) is 22.0 Å². The largest absolute Gasteiger partial charge is 0.479 e. The number of halogens is 2. The number of aliphatic hydroxyl groups excluding tert-OH is 1. The minimum absolute atomic E-state index is 0.131. The zero-order valence-electron chi connectivity index (χ0n) is 9.53. The van der Waals surface area contributed by atoms with Gasteiger partial charge in [-0.2, -0.15) is 8.78 Å². The minimum Gasteiger partial charge on any atom is -0.479 e. The molecule has 0 aliphatic rings. The van der Waals surface area contributed by atoms with Crippen LogP contribution < -0.4 is 4.74 Å². The lowest BCUT2D eigenvalue weighted by atomic mass is 10.0. The Kier molecular flexibility index (Phi) is 4.64. The molecule has 0 bridgehead atoms. The fraction of sp³-hybridized carbons (Fsp3) is 0.200. The Morgan fingerprint density at radius 2 is 2.05 bits per heavy atom. The lowest BCUT2D eigenvalue weighted by Gasteiger charge is -2.12. The fourth-order valence-electron chi connectivity index (χ4n) is 1.48. The van der Waals surface area contributed by atoms with Gasteiger partial charge in [0.25, 0.3) is 5.69 Å². The molecule has 20 heavy (non-hydrogen) atoms. The van der Waals surface area contributed by atoms with E-state index in [1.807, 2.05) is 0 Å². The van der Waals surface area contributed by atoms with Crippen LogP contribution in [0.2, 0.25) is 0 Å². The number of hydrogen-bond donors (Lipinski definition) is 2. The van der Waals surface area contributed by atoms with Gasteiger partial charge in [-0.3, -0.25) is 14.9 Å². The molecule has 10 heteroatoms. The van der Waals surface area contributed by atoms with Crippen molar-refractivity contribution in [1.29, 1.82) is 0 Å². The third-order valence-electron chi connectivity index (χ3n) is 2.25. The van der Waals surface area contributed by atoms with E-state index in [1.54, 1.807) is 0 Å². The monoisotopic (exact) mass is 291 g/mol. The summed E-state index contributed by atoms with van der Waals surface area (Å²) in [6.45, 7) is -3.33. The van der Waals surface area contributed by atoms with Crippen LogP contribution in [0, 0.1) is 10.1 Å². The minimum atomic E-state index is -3.33. The summed E-state index contributed by atoms with van der Waals surface area (Å²) in [5.41, 5.74) is -2.70. The van der Waals surface area contributed by atoms with Crippen LogP contribution in [0.25, 0.3) is 0 Å². The van der Waals surface area contributed by atoms with E-state index in [4.69, 9.17) is 5.11 Å². The quantitative estimate of drug-likeness (QED) is 0.456. The predicted molar refractivity (Wildman–Crippen MR) is 57.7 cm³/mol. The van der Waals surface area contributed by atoms with Gasteiger partial charge < -0.3 is 14.9 Å². The molecular formula is C10H7F2NO7. The van der Waals surface area contributed by atoms with Gasteiger partial charge in [-0.05, 0) is 12.1 Å². The van der Waals surface area contributed by atoms with E-state index in [9.17, 15) is 33.6 Å². The molecule has 0 saturated heterocycles. The van der Waals surface area contributed by atoms with Gasteiger partial charge in [0.15, 0.2) is 12.4 Å². The van der Waals surface area contributed by atoms with E-state index in [2.05, 4.69) is 4.74 Å². The molecule has 8 nitrogen and oxygen atoms in total. The molecule has 0 aliphatic carbocycles. The van der Waals surface area contributed by atoms with Crippen LogP contribution >= 0.6 is 0 Å². The van der Waals surface area contributed by atoms with Crippen molar-refractivity contribution in [3.63, 3.8) is 0 Å². The first-order valence-electron chi connectivity index (χ1n) is 4.91. The molecule has 0 radical (unpaired) electrons. The van der Waals surface area contributed by atoms with E-state index in [0.29, 0.717) is 0 Å². The molecule has 1 rings (SSSR count). The van der Waals surface area contributed by atoms with Crippen LogP contribution in [0.4, 0.5) is 14.5 Å². The summed E-state index contributed by atoms with van der Waals surface area (Å²) in [4.78, 5) is 31.1. The van der Waals surface area contributed by atoms with E-state index < -0.39 is 46.2 Å². The molecule has 0 aliphatic heterocycles. The van der Waals surface area contributed by atoms with Crippen molar-refractivity contribution >= 4 is 17.9 Å². The van der Waals surface area contributed by atoms with Crippen molar-refractivity contribution < 1.29 is 38.2 Å². The van der Waals surface area contributed by atoms with Crippen molar-refractivity contribution in [3.8, 4) is 5.75 Å². The number of rotatable bonds is 6. The van der Waals surface area contributed by atoms with Crippen LogP contribution in [-0.2, 0) is 4.79 Å².